The van der Waals surface area contributed by atoms with Crippen LogP contribution < -0.4 is 10.1 Å². The number of carbonyl (C=O) groups is 1. The molecule has 2 heterocycles. The monoisotopic (exact) mass is 453 g/mol. The minimum Gasteiger partial charge on any atom is -0.496 e. The van der Waals surface area contributed by atoms with Gasteiger partial charge in [-0.3, -0.25) is 9.48 Å². The van der Waals surface area contributed by atoms with Gasteiger partial charge in [0.2, 0.25) is 0 Å². The summed E-state index contributed by atoms with van der Waals surface area (Å²) in [6.07, 6.45) is 4.22. The van der Waals surface area contributed by atoms with Crippen molar-refractivity contribution in [2.45, 2.75) is 13.0 Å². The number of hydrogen-bond donors (Lipinski definition) is 1. The standard InChI is InChI=1S/C16H16IN5O3/c1-24-13-5-3-2-4-11(13)6-7-18-15(23)16-20-14(21-25-16)10-22-9-12(17)8-19-22/h2-5,8-9H,6-7,10H2,1H3,(H,18,23). The van der Waals surface area contributed by atoms with E-state index < -0.39 is 5.91 Å². The van der Waals surface area contributed by atoms with Gasteiger partial charge in [-0.25, -0.2) is 0 Å². The SMILES string of the molecule is COc1ccccc1CCNC(=O)c1nc(Cn2cc(I)cn2)no1. The van der Waals surface area contributed by atoms with E-state index >= 15 is 0 Å². The highest BCUT2D eigenvalue weighted by molar-refractivity contribution is 14.1. The highest BCUT2D eigenvalue weighted by Gasteiger charge is 2.15. The fourth-order valence-electron chi connectivity index (χ4n) is 2.28. The molecule has 0 bridgehead atoms. The van der Waals surface area contributed by atoms with Crippen molar-refractivity contribution in [1.82, 2.24) is 25.2 Å². The van der Waals surface area contributed by atoms with Gasteiger partial charge in [0.05, 0.1) is 16.9 Å². The molecule has 0 unspecified atom stereocenters. The molecule has 0 saturated carbocycles. The molecule has 3 aromatic rings. The van der Waals surface area contributed by atoms with E-state index in [-0.39, 0.29) is 5.89 Å². The molecule has 0 aliphatic heterocycles. The number of rotatable bonds is 7. The number of ether oxygens (including phenoxy) is 1. The Kier molecular flexibility index (Phi) is 5.64. The Balaban J connectivity index is 1.53. The van der Waals surface area contributed by atoms with Crippen molar-refractivity contribution in [2.75, 3.05) is 13.7 Å². The minimum absolute atomic E-state index is 0.0584. The quantitative estimate of drug-likeness (QED) is 0.550. The van der Waals surface area contributed by atoms with E-state index in [4.69, 9.17) is 9.26 Å². The molecule has 0 spiro atoms. The maximum absolute atomic E-state index is 12.1. The lowest BCUT2D eigenvalue weighted by atomic mass is 10.1. The Labute approximate surface area is 157 Å². The second-order valence-electron chi connectivity index (χ2n) is 5.19. The molecule has 9 heteroatoms. The number of methoxy groups -OCH3 is 1. The topological polar surface area (TPSA) is 95.1 Å². The smallest absolute Gasteiger partial charge is 0.316 e. The number of carbonyl (C=O) groups excluding carboxylic acids is 1. The van der Waals surface area contributed by atoms with E-state index in [1.807, 2.05) is 30.5 Å². The first kappa shape index (κ1) is 17.4. The normalized spacial score (nSPS) is 10.6. The van der Waals surface area contributed by atoms with Crippen LogP contribution in [0.3, 0.4) is 0 Å². The zero-order valence-electron chi connectivity index (χ0n) is 13.5. The number of amides is 1. The van der Waals surface area contributed by atoms with Crippen molar-refractivity contribution in [3.05, 3.63) is 57.5 Å². The van der Waals surface area contributed by atoms with Crippen LogP contribution in [0.25, 0.3) is 0 Å². The lowest BCUT2D eigenvalue weighted by Gasteiger charge is -2.08. The molecular weight excluding hydrogens is 437 g/mol. The van der Waals surface area contributed by atoms with Crippen LogP contribution in [0, 0.1) is 3.57 Å². The highest BCUT2D eigenvalue weighted by Crippen LogP contribution is 2.17. The maximum Gasteiger partial charge on any atom is 0.316 e. The van der Waals surface area contributed by atoms with Crippen molar-refractivity contribution in [2.24, 2.45) is 0 Å². The molecule has 1 amide bonds. The summed E-state index contributed by atoms with van der Waals surface area (Å²) in [5, 5.41) is 10.7. The van der Waals surface area contributed by atoms with Gasteiger partial charge < -0.3 is 14.6 Å². The summed E-state index contributed by atoms with van der Waals surface area (Å²) < 4.78 is 13.0. The summed E-state index contributed by atoms with van der Waals surface area (Å²) in [6.45, 7) is 0.787. The average Bonchev–Trinajstić information content (AvgIpc) is 3.24. The second kappa shape index (κ2) is 8.10. The van der Waals surface area contributed by atoms with E-state index in [9.17, 15) is 4.79 Å². The summed E-state index contributed by atoms with van der Waals surface area (Å²) in [4.78, 5) is 16.2. The molecule has 25 heavy (non-hydrogen) atoms. The van der Waals surface area contributed by atoms with Crippen molar-refractivity contribution in [3.8, 4) is 5.75 Å². The summed E-state index contributed by atoms with van der Waals surface area (Å²) in [5.41, 5.74) is 1.02. The summed E-state index contributed by atoms with van der Waals surface area (Å²) >= 11 is 2.16. The van der Waals surface area contributed by atoms with E-state index in [0.29, 0.717) is 25.3 Å². The van der Waals surface area contributed by atoms with Gasteiger partial charge in [0.15, 0.2) is 5.82 Å². The van der Waals surface area contributed by atoms with Gasteiger partial charge in [-0.15, -0.1) is 0 Å². The number of nitrogens with zero attached hydrogens (tertiary/aromatic N) is 4. The Morgan fingerprint density at radius 2 is 2.24 bits per heavy atom. The third-order valence-electron chi connectivity index (χ3n) is 3.44. The second-order valence-corrected chi connectivity index (χ2v) is 6.44. The van der Waals surface area contributed by atoms with E-state index in [2.05, 4.69) is 43.1 Å². The fraction of sp³-hybridized carbons (Fsp3) is 0.250. The van der Waals surface area contributed by atoms with Crippen LogP contribution in [0.2, 0.25) is 0 Å². The highest BCUT2D eigenvalue weighted by atomic mass is 127. The molecule has 0 fully saturated rings. The predicted octanol–water partition coefficient (Wildman–Crippen LogP) is 1.90. The number of halogens is 1. The summed E-state index contributed by atoms with van der Waals surface area (Å²) in [6, 6.07) is 7.68. The fourth-order valence-corrected chi connectivity index (χ4v) is 2.72. The van der Waals surface area contributed by atoms with Crippen molar-refractivity contribution in [3.63, 3.8) is 0 Å². The van der Waals surface area contributed by atoms with Crippen LogP contribution in [-0.4, -0.2) is 39.5 Å². The first-order valence-electron chi connectivity index (χ1n) is 7.56. The molecule has 0 radical (unpaired) electrons. The molecule has 3 rings (SSSR count). The van der Waals surface area contributed by atoms with Gasteiger partial charge in [-0.1, -0.05) is 23.4 Å². The average molecular weight is 453 g/mol. The Hall–Kier alpha value is -2.43. The van der Waals surface area contributed by atoms with Gasteiger partial charge in [0.25, 0.3) is 0 Å². The van der Waals surface area contributed by atoms with Gasteiger partial charge in [-0.05, 0) is 40.6 Å². The van der Waals surface area contributed by atoms with Crippen LogP contribution in [0.5, 0.6) is 5.75 Å². The van der Waals surface area contributed by atoms with Gasteiger partial charge in [0, 0.05) is 12.7 Å². The van der Waals surface area contributed by atoms with Crippen molar-refractivity contribution < 1.29 is 14.1 Å². The lowest BCUT2D eigenvalue weighted by molar-refractivity contribution is 0.0910. The van der Waals surface area contributed by atoms with Gasteiger partial charge >= 0.3 is 11.8 Å². The predicted molar refractivity (Wildman–Crippen MR) is 97.4 cm³/mol. The first-order valence-corrected chi connectivity index (χ1v) is 8.64. The third kappa shape index (κ3) is 4.56. The molecule has 1 N–H and O–H groups in total. The van der Waals surface area contributed by atoms with Crippen molar-refractivity contribution in [1.29, 1.82) is 0 Å². The number of benzene rings is 1. The van der Waals surface area contributed by atoms with Crippen LogP contribution >= 0.6 is 22.6 Å². The van der Waals surface area contributed by atoms with Crippen LogP contribution in [0.1, 0.15) is 22.1 Å². The largest absolute Gasteiger partial charge is 0.496 e. The number of nitrogens with one attached hydrogen (secondary N) is 1. The maximum atomic E-state index is 12.1. The number of para-hydroxylation sites is 1. The summed E-state index contributed by atoms with van der Waals surface area (Å²) in [7, 11) is 1.62. The van der Waals surface area contributed by atoms with E-state index in [0.717, 1.165) is 14.9 Å². The van der Waals surface area contributed by atoms with E-state index in [1.165, 1.54) is 0 Å². The molecule has 0 saturated heterocycles. The molecule has 130 valence electrons. The van der Waals surface area contributed by atoms with E-state index in [1.54, 1.807) is 18.0 Å². The number of aromatic nitrogens is 4. The molecule has 8 nitrogen and oxygen atoms in total. The lowest BCUT2D eigenvalue weighted by Crippen LogP contribution is -2.26. The Morgan fingerprint density at radius 3 is 3.00 bits per heavy atom. The Morgan fingerprint density at radius 1 is 1.40 bits per heavy atom. The molecule has 0 atom stereocenters. The third-order valence-corrected chi connectivity index (χ3v) is 4.00. The molecule has 0 aliphatic carbocycles. The zero-order valence-corrected chi connectivity index (χ0v) is 15.6. The first-order chi connectivity index (χ1) is 12.2. The molecular formula is C16H16IN5O3. The van der Waals surface area contributed by atoms with Gasteiger partial charge in [-0.2, -0.15) is 10.1 Å². The van der Waals surface area contributed by atoms with Crippen LogP contribution in [0.4, 0.5) is 0 Å². The van der Waals surface area contributed by atoms with Gasteiger partial charge in [0.1, 0.15) is 12.3 Å². The Bertz CT molecular complexity index is 861. The number of hydrogen-bond acceptors (Lipinski definition) is 6. The molecule has 1 aromatic carbocycles. The molecule has 0 aliphatic rings. The van der Waals surface area contributed by atoms with Crippen LogP contribution in [-0.2, 0) is 13.0 Å². The molecule has 2 aromatic heterocycles. The minimum atomic E-state index is -0.399. The zero-order chi connectivity index (χ0) is 17.6. The summed E-state index contributed by atoms with van der Waals surface area (Å²) in [5.74, 6) is 0.737. The van der Waals surface area contributed by atoms with Crippen LogP contribution in [0.15, 0.2) is 41.2 Å². The van der Waals surface area contributed by atoms with Crippen molar-refractivity contribution >= 4 is 28.5 Å².